The van der Waals surface area contributed by atoms with E-state index in [-0.39, 0.29) is 5.91 Å². The van der Waals surface area contributed by atoms with Crippen LogP contribution in [-0.4, -0.2) is 31.1 Å². The second-order valence-corrected chi connectivity index (χ2v) is 4.73. The van der Waals surface area contributed by atoms with Crippen molar-refractivity contribution in [2.24, 2.45) is 0 Å². The van der Waals surface area contributed by atoms with E-state index in [1.807, 2.05) is 30.3 Å². The molecule has 0 saturated heterocycles. The van der Waals surface area contributed by atoms with Crippen molar-refractivity contribution >= 4 is 11.6 Å². The fraction of sp³-hybridized carbons (Fsp3) is 0.133. The third-order valence-electron chi connectivity index (χ3n) is 3.19. The van der Waals surface area contributed by atoms with Gasteiger partial charge in [0.25, 0.3) is 0 Å². The monoisotopic (exact) mass is 294 g/mol. The van der Waals surface area contributed by atoms with E-state index in [2.05, 4.69) is 25.8 Å². The van der Waals surface area contributed by atoms with Gasteiger partial charge in [-0.15, -0.1) is 5.10 Å². The van der Waals surface area contributed by atoms with Crippen LogP contribution in [0.15, 0.2) is 61.2 Å². The minimum atomic E-state index is -0.530. The Hall–Kier alpha value is -3.09. The second-order valence-electron chi connectivity index (χ2n) is 4.73. The molecular formula is C15H14N6O. The van der Waals surface area contributed by atoms with Crippen molar-refractivity contribution in [3.63, 3.8) is 0 Å². The average molecular weight is 294 g/mol. The highest BCUT2D eigenvalue weighted by Crippen LogP contribution is 2.15. The minimum absolute atomic E-state index is 0.191. The summed E-state index contributed by atoms with van der Waals surface area (Å²) in [6.45, 7) is 0. The highest BCUT2D eigenvalue weighted by atomic mass is 16.2. The summed E-state index contributed by atoms with van der Waals surface area (Å²) in [7, 11) is 0. The van der Waals surface area contributed by atoms with Crippen molar-refractivity contribution in [1.29, 1.82) is 0 Å². The molecule has 3 rings (SSSR count). The SMILES string of the molecule is O=C(Nc1cccnc1)[C@@H](Cc1ccccc1)n1cnnn1. The molecule has 0 unspecified atom stereocenters. The van der Waals surface area contributed by atoms with Gasteiger partial charge in [0.2, 0.25) is 5.91 Å². The number of carbonyl (C=O) groups excluding carboxylic acids is 1. The number of carbonyl (C=O) groups is 1. The van der Waals surface area contributed by atoms with Gasteiger partial charge in [-0.3, -0.25) is 9.78 Å². The first kappa shape index (κ1) is 13.9. The lowest BCUT2D eigenvalue weighted by molar-refractivity contribution is -0.119. The molecule has 0 aliphatic rings. The Balaban J connectivity index is 1.81. The molecule has 7 heteroatoms. The van der Waals surface area contributed by atoms with Crippen LogP contribution in [0.5, 0.6) is 0 Å². The van der Waals surface area contributed by atoms with Crippen molar-refractivity contribution in [2.45, 2.75) is 12.5 Å². The number of nitrogens with zero attached hydrogens (tertiary/aromatic N) is 5. The Morgan fingerprint density at radius 1 is 1.18 bits per heavy atom. The molecule has 3 aromatic rings. The van der Waals surface area contributed by atoms with Crippen molar-refractivity contribution < 1.29 is 4.79 Å². The molecule has 1 amide bonds. The maximum absolute atomic E-state index is 12.6. The zero-order valence-corrected chi connectivity index (χ0v) is 11.7. The van der Waals surface area contributed by atoms with E-state index in [1.165, 1.54) is 11.0 Å². The van der Waals surface area contributed by atoms with Gasteiger partial charge < -0.3 is 5.32 Å². The number of nitrogens with one attached hydrogen (secondary N) is 1. The summed E-state index contributed by atoms with van der Waals surface area (Å²) in [4.78, 5) is 16.5. The number of benzene rings is 1. The molecule has 22 heavy (non-hydrogen) atoms. The highest BCUT2D eigenvalue weighted by Gasteiger charge is 2.22. The zero-order chi connectivity index (χ0) is 15.2. The highest BCUT2D eigenvalue weighted by molar-refractivity contribution is 5.93. The fourth-order valence-corrected chi connectivity index (χ4v) is 2.12. The van der Waals surface area contributed by atoms with Gasteiger partial charge in [-0.2, -0.15) is 0 Å². The Morgan fingerprint density at radius 2 is 2.05 bits per heavy atom. The molecule has 0 spiro atoms. The van der Waals surface area contributed by atoms with Crippen LogP contribution in [0.25, 0.3) is 0 Å². The smallest absolute Gasteiger partial charge is 0.249 e. The van der Waals surface area contributed by atoms with Crippen molar-refractivity contribution in [3.8, 4) is 0 Å². The molecule has 0 aliphatic heterocycles. The quantitative estimate of drug-likeness (QED) is 0.770. The minimum Gasteiger partial charge on any atom is -0.323 e. The van der Waals surface area contributed by atoms with Crippen LogP contribution in [0.4, 0.5) is 5.69 Å². The summed E-state index contributed by atoms with van der Waals surface area (Å²) in [6.07, 6.45) is 5.18. The number of hydrogen-bond donors (Lipinski definition) is 1. The third kappa shape index (κ3) is 3.32. The second kappa shape index (κ2) is 6.57. The number of anilines is 1. The molecule has 0 radical (unpaired) electrons. The molecule has 1 atom stereocenters. The lowest BCUT2D eigenvalue weighted by Gasteiger charge is -2.16. The molecule has 0 aliphatic carbocycles. The molecule has 1 N–H and O–H groups in total. The first-order valence-electron chi connectivity index (χ1n) is 6.80. The van der Waals surface area contributed by atoms with E-state index in [0.717, 1.165) is 5.56 Å². The topological polar surface area (TPSA) is 85.6 Å². The van der Waals surface area contributed by atoms with E-state index in [9.17, 15) is 4.79 Å². The van der Waals surface area contributed by atoms with Crippen LogP contribution < -0.4 is 5.32 Å². The average Bonchev–Trinajstić information content (AvgIpc) is 3.08. The fourth-order valence-electron chi connectivity index (χ4n) is 2.12. The number of pyridine rings is 1. The van der Waals surface area contributed by atoms with Crippen LogP contribution in [0.3, 0.4) is 0 Å². The van der Waals surface area contributed by atoms with E-state index >= 15 is 0 Å². The number of amides is 1. The van der Waals surface area contributed by atoms with Gasteiger partial charge >= 0.3 is 0 Å². The number of hydrogen-bond acceptors (Lipinski definition) is 5. The first-order chi connectivity index (χ1) is 10.8. The van der Waals surface area contributed by atoms with Gasteiger partial charge in [-0.25, -0.2) is 4.68 Å². The zero-order valence-electron chi connectivity index (χ0n) is 11.7. The molecule has 0 fully saturated rings. The maximum Gasteiger partial charge on any atom is 0.249 e. The van der Waals surface area contributed by atoms with Crippen LogP contribution in [0.1, 0.15) is 11.6 Å². The summed E-state index contributed by atoms with van der Waals surface area (Å²) in [6, 6.07) is 12.8. The summed E-state index contributed by atoms with van der Waals surface area (Å²) in [5.74, 6) is -0.191. The molecule has 0 saturated carbocycles. The van der Waals surface area contributed by atoms with Gasteiger partial charge in [0.1, 0.15) is 12.4 Å². The van der Waals surface area contributed by atoms with Crippen molar-refractivity contribution in [3.05, 3.63) is 66.7 Å². The standard InChI is InChI=1S/C15H14N6O/c22-15(18-13-7-4-8-16-10-13)14(21-11-17-19-20-21)9-12-5-2-1-3-6-12/h1-8,10-11,14H,9H2,(H,18,22)/t14-/m1/s1. The summed E-state index contributed by atoms with van der Waals surface area (Å²) in [5, 5.41) is 13.9. The Kier molecular flexibility index (Phi) is 4.15. The molecule has 0 bridgehead atoms. The summed E-state index contributed by atoms with van der Waals surface area (Å²) < 4.78 is 1.46. The lowest BCUT2D eigenvalue weighted by atomic mass is 10.1. The molecule has 7 nitrogen and oxygen atoms in total. The van der Waals surface area contributed by atoms with Gasteiger partial charge in [0.05, 0.1) is 11.9 Å². The van der Waals surface area contributed by atoms with Gasteiger partial charge in [-0.1, -0.05) is 30.3 Å². The predicted molar refractivity (Wildman–Crippen MR) is 79.9 cm³/mol. The predicted octanol–water partition coefficient (Wildman–Crippen LogP) is 1.49. The third-order valence-corrected chi connectivity index (χ3v) is 3.19. The molecule has 2 aromatic heterocycles. The molecule has 1 aromatic carbocycles. The van der Waals surface area contributed by atoms with Crippen LogP contribution in [-0.2, 0) is 11.2 Å². The van der Waals surface area contributed by atoms with E-state index in [1.54, 1.807) is 24.5 Å². The van der Waals surface area contributed by atoms with E-state index < -0.39 is 6.04 Å². The Morgan fingerprint density at radius 3 is 2.73 bits per heavy atom. The number of rotatable bonds is 5. The van der Waals surface area contributed by atoms with E-state index in [0.29, 0.717) is 12.1 Å². The maximum atomic E-state index is 12.6. The van der Waals surface area contributed by atoms with Crippen molar-refractivity contribution in [1.82, 2.24) is 25.2 Å². The summed E-state index contributed by atoms with van der Waals surface area (Å²) >= 11 is 0. The molecule has 110 valence electrons. The van der Waals surface area contributed by atoms with Crippen LogP contribution in [0.2, 0.25) is 0 Å². The molecular weight excluding hydrogens is 280 g/mol. The van der Waals surface area contributed by atoms with Crippen molar-refractivity contribution in [2.75, 3.05) is 5.32 Å². The van der Waals surface area contributed by atoms with E-state index in [4.69, 9.17) is 0 Å². The largest absolute Gasteiger partial charge is 0.323 e. The summed E-state index contributed by atoms with van der Waals surface area (Å²) in [5.41, 5.74) is 1.67. The number of tetrazole rings is 1. The van der Waals surface area contributed by atoms with Gasteiger partial charge in [0.15, 0.2) is 0 Å². The first-order valence-corrected chi connectivity index (χ1v) is 6.80. The normalized spacial score (nSPS) is 11.8. The Bertz CT molecular complexity index is 714. The van der Waals surface area contributed by atoms with Crippen LogP contribution in [0, 0.1) is 0 Å². The van der Waals surface area contributed by atoms with Gasteiger partial charge in [0, 0.05) is 12.6 Å². The Labute approximate surface area is 127 Å². The van der Waals surface area contributed by atoms with Gasteiger partial charge in [-0.05, 0) is 28.1 Å². The lowest BCUT2D eigenvalue weighted by Crippen LogP contribution is -2.28. The number of aromatic nitrogens is 5. The van der Waals surface area contributed by atoms with Crippen LogP contribution >= 0.6 is 0 Å². The molecule has 2 heterocycles.